The van der Waals surface area contributed by atoms with Gasteiger partial charge < -0.3 is 16.9 Å². The highest BCUT2D eigenvalue weighted by atomic mass is 35.5. The average molecular weight is 420 g/mol. The number of hydrogen-bond acceptors (Lipinski definition) is 4. The monoisotopic (exact) mass is 419 g/mol. The van der Waals surface area contributed by atoms with Gasteiger partial charge in [-0.15, -0.1) is 12.4 Å². The maximum Gasteiger partial charge on any atom is 0.299 e. The van der Waals surface area contributed by atoms with Crippen molar-refractivity contribution >= 4 is 46.4 Å². The summed E-state index contributed by atoms with van der Waals surface area (Å²) < 4.78 is 22.8. The highest BCUT2D eigenvalue weighted by molar-refractivity contribution is 7.73. The minimum absolute atomic E-state index is 0. The Hall–Kier alpha value is -2.71. The second-order valence-corrected chi connectivity index (χ2v) is 6.34. The zero-order chi connectivity index (χ0) is 20.0. The Bertz CT molecular complexity index is 898. The molecule has 0 fully saturated rings. The lowest BCUT2D eigenvalue weighted by atomic mass is 9.89. The molecule has 0 unspecified atom stereocenters. The molecule has 2 aromatic rings. The zero-order valence-electron chi connectivity index (χ0n) is 15.1. The van der Waals surface area contributed by atoms with Gasteiger partial charge in [-0.2, -0.15) is 4.21 Å². The number of nitrogens with one attached hydrogen (secondary N) is 1. The number of nitrogen functional groups attached to an aromatic ring is 2. The lowest BCUT2D eigenvalue weighted by Gasteiger charge is -2.16. The molecule has 7 N–H and O–H groups in total. The molecule has 0 radical (unpaired) electrons. The van der Waals surface area contributed by atoms with Gasteiger partial charge in [-0.1, -0.05) is 30.3 Å². The molecule has 28 heavy (non-hydrogen) atoms. The highest BCUT2D eigenvalue weighted by Crippen LogP contribution is 2.31. The Morgan fingerprint density at radius 3 is 1.64 bits per heavy atom. The summed E-state index contributed by atoms with van der Waals surface area (Å²) in [7, 11) is 0. The molecule has 1 aliphatic carbocycles. The van der Waals surface area contributed by atoms with Crippen LogP contribution in [0.2, 0.25) is 0 Å². The van der Waals surface area contributed by atoms with E-state index >= 15 is 0 Å². The van der Waals surface area contributed by atoms with Crippen molar-refractivity contribution in [3.8, 4) is 0 Å². The molecular formula is C20H22ClN3O3S. The maximum absolute atomic E-state index is 8.67. The fourth-order valence-corrected chi connectivity index (χ4v) is 2.62. The van der Waals surface area contributed by atoms with E-state index in [9.17, 15) is 0 Å². The first-order chi connectivity index (χ1) is 12.8. The smallest absolute Gasteiger partial charge is 0.299 e. The summed E-state index contributed by atoms with van der Waals surface area (Å²) in [5, 5.41) is 7.88. The van der Waals surface area contributed by atoms with Crippen LogP contribution < -0.4 is 11.5 Å². The molecule has 0 spiro atoms. The summed E-state index contributed by atoms with van der Waals surface area (Å²) >= 11 is -2.61. The molecular weight excluding hydrogens is 398 g/mol. The van der Waals surface area contributed by atoms with Gasteiger partial charge in [0.25, 0.3) is 11.4 Å². The fraction of sp³-hybridized carbons (Fsp3) is 0.0500. The van der Waals surface area contributed by atoms with Crippen molar-refractivity contribution in [3.05, 3.63) is 89.0 Å². The van der Waals surface area contributed by atoms with Crippen molar-refractivity contribution in [1.29, 1.82) is 5.41 Å². The minimum Gasteiger partial charge on any atom is -0.399 e. The third-order valence-corrected chi connectivity index (χ3v) is 3.91. The highest BCUT2D eigenvalue weighted by Gasteiger charge is 2.12. The van der Waals surface area contributed by atoms with Gasteiger partial charge in [-0.25, -0.2) is 0 Å². The van der Waals surface area contributed by atoms with Gasteiger partial charge in [0.05, 0.1) is 5.71 Å². The lowest BCUT2D eigenvalue weighted by Crippen LogP contribution is -2.01. The van der Waals surface area contributed by atoms with Crippen molar-refractivity contribution in [2.75, 3.05) is 11.5 Å². The summed E-state index contributed by atoms with van der Waals surface area (Å²) in [6.07, 6.45) is 5.86. The summed E-state index contributed by atoms with van der Waals surface area (Å²) in [6, 6.07) is 15.7. The average Bonchev–Trinajstić information content (AvgIpc) is 2.61. The summed E-state index contributed by atoms with van der Waals surface area (Å²) in [5.41, 5.74) is 19.0. The van der Waals surface area contributed by atoms with Gasteiger partial charge in [-0.3, -0.25) is 9.11 Å². The van der Waals surface area contributed by atoms with Crippen molar-refractivity contribution in [2.24, 2.45) is 0 Å². The predicted molar refractivity (Wildman–Crippen MR) is 119 cm³/mol. The van der Waals surface area contributed by atoms with Crippen LogP contribution in [-0.2, 0) is 11.4 Å². The van der Waals surface area contributed by atoms with Crippen molar-refractivity contribution in [1.82, 2.24) is 0 Å². The molecule has 0 saturated carbocycles. The van der Waals surface area contributed by atoms with Gasteiger partial charge in [0, 0.05) is 11.4 Å². The van der Waals surface area contributed by atoms with E-state index in [0.717, 1.165) is 39.2 Å². The molecule has 148 valence electrons. The first kappa shape index (κ1) is 23.3. The number of nitrogens with two attached hydrogens (primary N) is 2. The molecule has 0 atom stereocenters. The lowest BCUT2D eigenvalue weighted by molar-refractivity contribution is 0.454. The van der Waals surface area contributed by atoms with E-state index in [1.54, 1.807) is 0 Å². The quantitative estimate of drug-likeness (QED) is 0.365. The van der Waals surface area contributed by atoms with Gasteiger partial charge in [0.2, 0.25) is 0 Å². The molecule has 0 bridgehead atoms. The van der Waals surface area contributed by atoms with Crippen LogP contribution in [0, 0.1) is 5.41 Å². The normalized spacial score (nSPS) is 12.6. The van der Waals surface area contributed by atoms with Crippen molar-refractivity contribution < 1.29 is 13.3 Å². The molecule has 0 aromatic heterocycles. The van der Waals surface area contributed by atoms with Gasteiger partial charge in [-0.05, 0) is 71.2 Å². The molecule has 2 aromatic carbocycles. The fourth-order valence-electron chi connectivity index (χ4n) is 2.62. The Kier molecular flexibility index (Phi) is 8.81. The van der Waals surface area contributed by atoms with Crippen molar-refractivity contribution in [2.45, 2.75) is 6.92 Å². The van der Waals surface area contributed by atoms with Crippen LogP contribution in [0.3, 0.4) is 0 Å². The second kappa shape index (κ2) is 10.6. The summed E-state index contributed by atoms with van der Waals surface area (Å²) in [6.45, 7) is 1.95. The molecule has 0 heterocycles. The van der Waals surface area contributed by atoms with Crippen LogP contribution in [0.15, 0.2) is 77.9 Å². The van der Waals surface area contributed by atoms with Gasteiger partial charge >= 0.3 is 0 Å². The largest absolute Gasteiger partial charge is 0.399 e. The number of rotatable bonds is 2. The third kappa shape index (κ3) is 6.47. The Labute approximate surface area is 172 Å². The van der Waals surface area contributed by atoms with Crippen LogP contribution in [0.25, 0.3) is 5.57 Å². The molecule has 8 heteroatoms. The SMILES string of the molecule is CC1=CC(=C(c2ccc(N)cc2)c2ccc(N)cc2)C=CC1=N.Cl.O=S(O)O. The number of hydrogen-bond donors (Lipinski definition) is 5. The number of anilines is 2. The second-order valence-electron chi connectivity index (χ2n) is 5.88. The molecule has 0 amide bonds. The predicted octanol–water partition coefficient (Wildman–Crippen LogP) is 4.29. The molecule has 0 aliphatic heterocycles. The Morgan fingerprint density at radius 2 is 1.29 bits per heavy atom. The van der Waals surface area contributed by atoms with Crippen LogP contribution in [0.1, 0.15) is 18.1 Å². The Morgan fingerprint density at radius 1 is 0.893 bits per heavy atom. The zero-order valence-corrected chi connectivity index (χ0v) is 16.8. The van der Waals surface area contributed by atoms with E-state index in [4.69, 9.17) is 30.2 Å². The van der Waals surface area contributed by atoms with Gasteiger partial charge in [0.1, 0.15) is 0 Å². The van der Waals surface area contributed by atoms with E-state index in [0.29, 0.717) is 5.71 Å². The molecule has 6 nitrogen and oxygen atoms in total. The number of halogens is 1. The van der Waals surface area contributed by atoms with Gasteiger partial charge in [0.15, 0.2) is 0 Å². The van der Waals surface area contributed by atoms with Crippen molar-refractivity contribution in [3.63, 3.8) is 0 Å². The minimum atomic E-state index is -2.61. The first-order valence-corrected chi connectivity index (χ1v) is 9.05. The van der Waals surface area contributed by atoms with Crippen LogP contribution in [0.5, 0.6) is 0 Å². The van der Waals surface area contributed by atoms with Crippen LogP contribution in [-0.4, -0.2) is 19.0 Å². The number of benzene rings is 2. The Balaban J connectivity index is 0.000000717. The van der Waals surface area contributed by atoms with E-state index in [-0.39, 0.29) is 12.4 Å². The van der Waals surface area contributed by atoms with E-state index < -0.39 is 11.4 Å². The summed E-state index contributed by atoms with van der Waals surface area (Å²) in [5.74, 6) is 0. The standard InChI is InChI=1S/C20H19N3.ClH.H2O3S/c1-13-12-16(6-11-19(13)23)20(14-2-7-17(21)8-3-14)15-4-9-18(22)10-5-15;;1-4(2)3/h2-12,23H,21-22H2,1H3;1H;(H2,1,2,3). The van der Waals surface area contributed by atoms with E-state index in [1.807, 2.05) is 73.7 Å². The van der Waals surface area contributed by atoms with Crippen LogP contribution >= 0.6 is 12.4 Å². The molecule has 3 rings (SSSR count). The molecule has 1 aliphatic rings. The van der Waals surface area contributed by atoms with Crippen LogP contribution in [0.4, 0.5) is 11.4 Å². The van der Waals surface area contributed by atoms with E-state index in [2.05, 4.69) is 0 Å². The maximum atomic E-state index is 8.67. The topological polar surface area (TPSA) is 133 Å². The summed E-state index contributed by atoms with van der Waals surface area (Å²) in [4.78, 5) is 0. The first-order valence-electron chi connectivity index (χ1n) is 7.99. The molecule has 0 saturated heterocycles. The third-order valence-electron chi connectivity index (χ3n) is 3.91. The number of allylic oxidation sites excluding steroid dienone is 5. The van der Waals surface area contributed by atoms with E-state index in [1.165, 1.54) is 0 Å².